The molecule has 0 saturated heterocycles. The average Bonchev–Trinajstić information content (AvgIpc) is 3.15. The van der Waals surface area contributed by atoms with Crippen LogP contribution >= 0.6 is 11.6 Å². The summed E-state index contributed by atoms with van der Waals surface area (Å²) in [6.45, 7) is 0.217. The number of aromatic nitrogens is 4. The van der Waals surface area contributed by atoms with Crippen LogP contribution < -0.4 is 4.74 Å². The maximum absolute atomic E-state index is 10.7. The van der Waals surface area contributed by atoms with E-state index in [1.165, 1.54) is 16.8 Å². The lowest BCUT2D eigenvalue weighted by molar-refractivity contribution is -0.384. The Hall–Kier alpha value is -3.52. The number of nitro groups is 1. The number of ether oxygens (including phenoxy) is 1. The van der Waals surface area contributed by atoms with Crippen molar-refractivity contribution in [2.45, 2.75) is 6.61 Å². The molecule has 0 aliphatic carbocycles. The number of nitro benzene ring substituents is 1. The molecule has 9 heteroatoms. The van der Waals surface area contributed by atoms with Crippen molar-refractivity contribution in [1.29, 1.82) is 0 Å². The third-order valence-electron chi connectivity index (χ3n) is 3.91. The summed E-state index contributed by atoms with van der Waals surface area (Å²) in [5, 5.41) is 20.3. The van der Waals surface area contributed by atoms with Gasteiger partial charge in [0.25, 0.3) is 5.69 Å². The summed E-state index contributed by atoms with van der Waals surface area (Å²) in [5.41, 5.74) is 2.05. The Kier molecular flexibility index (Phi) is 4.39. The van der Waals surface area contributed by atoms with Crippen LogP contribution in [0, 0.1) is 10.1 Å². The second-order valence-corrected chi connectivity index (χ2v) is 6.12. The molecule has 0 N–H and O–H groups in total. The molecule has 0 atom stereocenters. The van der Waals surface area contributed by atoms with Crippen molar-refractivity contribution in [2.24, 2.45) is 0 Å². The third kappa shape index (κ3) is 3.56. The number of non-ortho nitro benzene ring substituents is 1. The molecule has 134 valence electrons. The first kappa shape index (κ1) is 16.9. The Morgan fingerprint density at radius 3 is 2.74 bits per heavy atom. The number of fused-ring (bicyclic) bond motifs is 1. The molecule has 4 rings (SSSR count). The standard InChI is InChI=1S/C18H12ClN5O3/c19-12-1-6-16-17(9-12)20-8-7-18(16)27-11-13-10-23(22-21-13)14-2-4-15(5-3-14)24(25)26/h1-10H,11H2. The van der Waals surface area contributed by atoms with Gasteiger partial charge in [0.2, 0.25) is 0 Å². The fourth-order valence-corrected chi connectivity index (χ4v) is 2.76. The molecule has 2 heterocycles. The molecule has 0 unspecified atom stereocenters. The highest BCUT2D eigenvalue weighted by atomic mass is 35.5. The van der Waals surface area contributed by atoms with Gasteiger partial charge in [0.1, 0.15) is 18.1 Å². The summed E-state index contributed by atoms with van der Waals surface area (Å²) in [6, 6.07) is 13.2. The van der Waals surface area contributed by atoms with Gasteiger partial charge in [-0.2, -0.15) is 0 Å². The first-order chi connectivity index (χ1) is 13.1. The van der Waals surface area contributed by atoms with E-state index in [-0.39, 0.29) is 12.3 Å². The monoisotopic (exact) mass is 381 g/mol. The fourth-order valence-electron chi connectivity index (χ4n) is 2.59. The van der Waals surface area contributed by atoms with Crippen molar-refractivity contribution < 1.29 is 9.66 Å². The van der Waals surface area contributed by atoms with Crippen LogP contribution in [0.5, 0.6) is 5.75 Å². The number of rotatable bonds is 5. The van der Waals surface area contributed by atoms with Crippen LogP contribution in [0.2, 0.25) is 5.02 Å². The Morgan fingerprint density at radius 2 is 1.96 bits per heavy atom. The molecule has 0 amide bonds. The number of hydrogen-bond donors (Lipinski definition) is 0. The van der Waals surface area contributed by atoms with E-state index in [4.69, 9.17) is 16.3 Å². The second kappa shape index (κ2) is 7.00. The summed E-state index contributed by atoms with van der Waals surface area (Å²) >= 11 is 5.99. The second-order valence-electron chi connectivity index (χ2n) is 5.69. The van der Waals surface area contributed by atoms with Gasteiger partial charge in [-0.3, -0.25) is 15.1 Å². The van der Waals surface area contributed by atoms with Crippen molar-refractivity contribution in [3.63, 3.8) is 0 Å². The highest BCUT2D eigenvalue weighted by Crippen LogP contribution is 2.26. The van der Waals surface area contributed by atoms with Gasteiger partial charge in [-0.15, -0.1) is 5.10 Å². The molecule has 0 spiro atoms. The van der Waals surface area contributed by atoms with E-state index in [2.05, 4.69) is 15.3 Å². The zero-order valence-corrected chi connectivity index (χ0v) is 14.6. The maximum atomic E-state index is 10.7. The van der Waals surface area contributed by atoms with E-state index in [0.717, 1.165) is 10.9 Å². The number of halogens is 1. The molecular formula is C18H12ClN5O3. The Bertz CT molecular complexity index is 1130. The molecule has 27 heavy (non-hydrogen) atoms. The molecule has 8 nitrogen and oxygen atoms in total. The topological polar surface area (TPSA) is 96.0 Å². The van der Waals surface area contributed by atoms with E-state index >= 15 is 0 Å². The van der Waals surface area contributed by atoms with Crippen LogP contribution in [0.1, 0.15) is 5.69 Å². The number of benzene rings is 2. The van der Waals surface area contributed by atoms with Crippen LogP contribution in [0.15, 0.2) is 60.9 Å². The van der Waals surface area contributed by atoms with Crippen LogP contribution in [0.3, 0.4) is 0 Å². The van der Waals surface area contributed by atoms with Crippen LogP contribution in [0.25, 0.3) is 16.6 Å². The minimum absolute atomic E-state index is 0.0205. The van der Waals surface area contributed by atoms with Gasteiger partial charge in [0, 0.05) is 28.7 Å². The van der Waals surface area contributed by atoms with Crippen molar-refractivity contribution >= 4 is 28.2 Å². The molecule has 0 radical (unpaired) electrons. The van der Waals surface area contributed by atoms with Crippen molar-refractivity contribution in [2.75, 3.05) is 0 Å². The van der Waals surface area contributed by atoms with E-state index in [0.29, 0.717) is 22.2 Å². The quantitative estimate of drug-likeness (QED) is 0.383. The zero-order chi connectivity index (χ0) is 18.8. The molecular weight excluding hydrogens is 370 g/mol. The molecule has 4 aromatic rings. The fraction of sp³-hybridized carbons (Fsp3) is 0.0556. The maximum Gasteiger partial charge on any atom is 0.269 e. The van der Waals surface area contributed by atoms with Gasteiger partial charge in [0.05, 0.1) is 22.3 Å². The van der Waals surface area contributed by atoms with E-state index in [1.807, 2.05) is 6.07 Å². The van der Waals surface area contributed by atoms with Gasteiger partial charge < -0.3 is 4.74 Å². The smallest absolute Gasteiger partial charge is 0.269 e. The summed E-state index contributed by atoms with van der Waals surface area (Å²) in [4.78, 5) is 14.6. The average molecular weight is 382 g/mol. The van der Waals surface area contributed by atoms with Gasteiger partial charge in [-0.1, -0.05) is 16.8 Å². The highest BCUT2D eigenvalue weighted by molar-refractivity contribution is 6.31. The lowest BCUT2D eigenvalue weighted by atomic mass is 10.2. The van der Waals surface area contributed by atoms with Crippen molar-refractivity contribution in [3.8, 4) is 11.4 Å². The summed E-state index contributed by atoms with van der Waals surface area (Å²) in [6.07, 6.45) is 3.36. The van der Waals surface area contributed by atoms with Crippen molar-refractivity contribution in [3.05, 3.63) is 81.8 Å². The number of hydrogen-bond acceptors (Lipinski definition) is 6. The molecule has 0 fully saturated rings. The number of nitrogens with zero attached hydrogens (tertiary/aromatic N) is 5. The van der Waals surface area contributed by atoms with Gasteiger partial charge in [0.15, 0.2) is 0 Å². The predicted octanol–water partition coefficient (Wildman–Crippen LogP) is 3.96. The summed E-state index contributed by atoms with van der Waals surface area (Å²) in [7, 11) is 0. The normalized spacial score (nSPS) is 10.9. The van der Waals surface area contributed by atoms with E-state index in [1.54, 1.807) is 42.7 Å². The van der Waals surface area contributed by atoms with E-state index < -0.39 is 4.92 Å². The first-order valence-corrected chi connectivity index (χ1v) is 8.31. The number of pyridine rings is 1. The Morgan fingerprint density at radius 1 is 1.15 bits per heavy atom. The van der Waals surface area contributed by atoms with Crippen LogP contribution in [-0.2, 0) is 6.61 Å². The highest BCUT2D eigenvalue weighted by Gasteiger charge is 2.09. The molecule has 0 bridgehead atoms. The van der Waals surface area contributed by atoms with Gasteiger partial charge in [-0.05, 0) is 36.4 Å². The zero-order valence-electron chi connectivity index (χ0n) is 13.8. The van der Waals surface area contributed by atoms with Gasteiger partial charge >= 0.3 is 0 Å². The largest absolute Gasteiger partial charge is 0.486 e. The predicted molar refractivity (Wildman–Crippen MR) is 99.1 cm³/mol. The Balaban J connectivity index is 1.51. The van der Waals surface area contributed by atoms with E-state index in [9.17, 15) is 10.1 Å². The molecule has 0 aliphatic heterocycles. The lowest BCUT2D eigenvalue weighted by Gasteiger charge is -2.07. The molecule has 0 saturated carbocycles. The minimum atomic E-state index is -0.448. The summed E-state index contributed by atoms with van der Waals surface area (Å²) in [5.74, 6) is 0.668. The molecule has 2 aromatic carbocycles. The summed E-state index contributed by atoms with van der Waals surface area (Å²) < 4.78 is 7.39. The lowest BCUT2D eigenvalue weighted by Crippen LogP contribution is -1.97. The minimum Gasteiger partial charge on any atom is -0.486 e. The molecule has 2 aromatic heterocycles. The third-order valence-corrected chi connectivity index (χ3v) is 4.14. The van der Waals surface area contributed by atoms with Crippen LogP contribution in [0.4, 0.5) is 5.69 Å². The van der Waals surface area contributed by atoms with Gasteiger partial charge in [-0.25, -0.2) is 4.68 Å². The van der Waals surface area contributed by atoms with Crippen molar-refractivity contribution in [1.82, 2.24) is 20.0 Å². The molecule has 0 aliphatic rings. The Labute approximate surface area is 158 Å². The van der Waals surface area contributed by atoms with Crippen LogP contribution in [-0.4, -0.2) is 24.9 Å². The SMILES string of the molecule is O=[N+]([O-])c1ccc(-n2cc(COc3ccnc4cc(Cl)ccc34)nn2)cc1. The first-order valence-electron chi connectivity index (χ1n) is 7.93.